The van der Waals surface area contributed by atoms with Gasteiger partial charge in [0.25, 0.3) is 5.91 Å². The van der Waals surface area contributed by atoms with Crippen molar-refractivity contribution in [1.29, 1.82) is 0 Å². The molecule has 0 heterocycles. The van der Waals surface area contributed by atoms with Crippen LogP contribution in [0.15, 0.2) is 24.3 Å². The summed E-state index contributed by atoms with van der Waals surface area (Å²) >= 11 is 2.13. The van der Waals surface area contributed by atoms with Gasteiger partial charge in [-0.15, -0.1) is 0 Å². The van der Waals surface area contributed by atoms with Crippen molar-refractivity contribution < 1.29 is 14.3 Å². The van der Waals surface area contributed by atoms with E-state index >= 15 is 0 Å². The van der Waals surface area contributed by atoms with Crippen molar-refractivity contribution in [3.05, 3.63) is 33.4 Å². The molecule has 1 N–H and O–H groups in total. The minimum Gasteiger partial charge on any atom is -0.452 e. The summed E-state index contributed by atoms with van der Waals surface area (Å²) in [5.41, 5.74) is 0.472. The van der Waals surface area contributed by atoms with Gasteiger partial charge in [-0.05, 0) is 59.0 Å². The standard InChI is InChI=1S/C17H22INO3/c1-11-5-3-8-15(12(11)2)19-16(20)10-22-17(21)13-6-4-7-14(18)9-13/h4,6-7,9,11-12,15H,3,5,8,10H2,1-2H3,(H,19,20)/t11-,12+,15-/m0/s1. The average molecular weight is 415 g/mol. The maximum Gasteiger partial charge on any atom is 0.338 e. The molecule has 1 saturated carbocycles. The van der Waals surface area contributed by atoms with Crippen molar-refractivity contribution >= 4 is 34.5 Å². The van der Waals surface area contributed by atoms with E-state index in [-0.39, 0.29) is 18.6 Å². The molecule has 1 amide bonds. The van der Waals surface area contributed by atoms with Gasteiger partial charge < -0.3 is 10.1 Å². The second kappa shape index (κ2) is 7.94. The molecule has 2 rings (SSSR count). The summed E-state index contributed by atoms with van der Waals surface area (Å²) in [4.78, 5) is 23.9. The first-order chi connectivity index (χ1) is 10.5. The predicted octanol–water partition coefficient (Wildman–Crippen LogP) is 3.39. The molecule has 0 spiro atoms. The van der Waals surface area contributed by atoms with Gasteiger partial charge >= 0.3 is 5.97 Å². The highest BCUT2D eigenvalue weighted by Crippen LogP contribution is 2.29. The molecule has 4 nitrogen and oxygen atoms in total. The molecule has 1 aromatic carbocycles. The largest absolute Gasteiger partial charge is 0.452 e. The molecule has 120 valence electrons. The SMILES string of the molecule is C[C@H]1[C@@H](NC(=O)COC(=O)c2cccc(I)c2)CCC[C@@H]1C. The molecule has 0 unspecified atom stereocenters. The number of hydrogen-bond donors (Lipinski definition) is 1. The first-order valence-corrected chi connectivity index (χ1v) is 8.77. The molecule has 0 bridgehead atoms. The van der Waals surface area contributed by atoms with Crippen LogP contribution < -0.4 is 5.32 Å². The Labute approximate surface area is 145 Å². The lowest BCUT2D eigenvalue weighted by Crippen LogP contribution is -2.45. The summed E-state index contributed by atoms with van der Waals surface area (Å²) in [6, 6.07) is 7.31. The Kier molecular flexibility index (Phi) is 6.23. The van der Waals surface area contributed by atoms with Gasteiger partial charge in [-0.1, -0.05) is 32.8 Å². The van der Waals surface area contributed by atoms with Crippen molar-refractivity contribution in [3.63, 3.8) is 0 Å². The molecular weight excluding hydrogens is 393 g/mol. The highest BCUT2D eigenvalue weighted by atomic mass is 127. The van der Waals surface area contributed by atoms with Gasteiger partial charge in [0.2, 0.25) is 0 Å². The summed E-state index contributed by atoms with van der Waals surface area (Å²) in [6.07, 6.45) is 3.36. The van der Waals surface area contributed by atoms with Crippen molar-refractivity contribution in [2.75, 3.05) is 6.61 Å². The third-order valence-corrected chi connectivity index (χ3v) is 5.12. The Hall–Kier alpha value is -1.11. The third kappa shape index (κ3) is 4.69. The van der Waals surface area contributed by atoms with Gasteiger partial charge in [-0.2, -0.15) is 0 Å². The maximum atomic E-state index is 12.0. The highest BCUT2D eigenvalue weighted by molar-refractivity contribution is 14.1. The van der Waals surface area contributed by atoms with E-state index in [1.54, 1.807) is 18.2 Å². The van der Waals surface area contributed by atoms with Crippen molar-refractivity contribution in [1.82, 2.24) is 5.32 Å². The Morgan fingerprint density at radius 1 is 1.32 bits per heavy atom. The van der Waals surface area contributed by atoms with Crippen molar-refractivity contribution in [2.45, 2.75) is 39.2 Å². The van der Waals surface area contributed by atoms with Crippen LogP contribution in [0, 0.1) is 15.4 Å². The van der Waals surface area contributed by atoms with E-state index in [1.165, 1.54) is 6.42 Å². The first-order valence-electron chi connectivity index (χ1n) is 7.69. The van der Waals surface area contributed by atoms with Crippen molar-refractivity contribution in [2.24, 2.45) is 11.8 Å². The average Bonchev–Trinajstić information content (AvgIpc) is 2.49. The molecular formula is C17H22INO3. The Morgan fingerprint density at radius 2 is 2.09 bits per heavy atom. The van der Waals surface area contributed by atoms with Crippen LogP contribution in [0.2, 0.25) is 0 Å². The van der Waals surface area contributed by atoms with E-state index in [4.69, 9.17) is 4.74 Å². The van der Waals surface area contributed by atoms with Gasteiger partial charge in [0, 0.05) is 9.61 Å². The summed E-state index contributed by atoms with van der Waals surface area (Å²) < 4.78 is 6.05. The number of esters is 1. The second-order valence-corrected chi connectivity index (χ2v) is 7.27. The number of carbonyl (C=O) groups excluding carboxylic acids is 2. The van der Waals surface area contributed by atoms with Crippen LogP contribution in [0.3, 0.4) is 0 Å². The number of benzene rings is 1. The molecule has 0 aromatic heterocycles. The highest BCUT2D eigenvalue weighted by Gasteiger charge is 2.28. The number of ether oxygens (including phenoxy) is 1. The maximum absolute atomic E-state index is 12.0. The fourth-order valence-corrected chi connectivity index (χ4v) is 3.41. The second-order valence-electron chi connectivity index (χ2n) is 6.03. The van der Waals surface area contributed by atoms with Gasteiger partial charge in [0.05, 0.1) is 5.56 Å². The van der Waals surface area contributed by atoms with Crippen LogP contribution in [-0.4, -0.2) is 24.5 Å². The number of halogens is 1. The molecule has 3 atom stereocenters. The van der Waals surface area contributed by atoms with Gasteiger partial charge in [0.1, 0.15) is 0 Å². The normalized spacial score (nSPS) is 24.6. The predicted molar refractivity (Wildman–Crippen MR) is 93.6 cm³/mol. The lowest BCUT2D eigenvalue weighted by Gasteiger charge is -2.34. The minimum atomic E-state index is -0.460. The summed E-state index contributed by atoms with van der Waals surface area (Å²) in [7, 11) is 0. The minimum absolute atomic E-state index is 0.188. The van der Waals surface area contributed by atoms with E-state index in [9.17, 15) is 9.59 Å². The van der Waals surface area contributed by atoms with E-state index in [0.717, 1.165) is 16.4 Å². The van der Waals surface area contributed by atoms with Crippen LogP contribution in [0.25, 0.3) is 0 Å². The topological polar surface area (TPSA) is 55.4 Å². The zero-order valence-corrected chi connectivity index (χ0v) is 15.1. The summed E-state index contributed by atoms with van der Waals surface area (Å²) in [5, 5.41) is 3.00. The van der Waals surface area contributed by atoms with Crippen LogP contribution in [0.4, 0.5) is 0 Å². The Balaban J connectivity index is 1.81. The van der Waals surface area contributed by atoms with Crippen LogP contribution in [-0.2, 0) is 9.53 Å². The summed E-state index contributed by atoms with van der Waals surface area (Å²) in [6.45, 7) is 4.18. The van der Waals surface area contributed by atoms with Gasteiger partial charge in [-0.3, -0.25) is 4.79 Å². The number of amides is 1. The molecule has 1 fully saturated rings. The van der Waals surface area contributed by atoms with Gasteiger partial charge in [0.15, 0.2) is 6.61 Å². The fraction of sp³-hybridized carbons (Fsp3) is 0.529. The van der Waals surface area contributed by atoms with Gasteiger partial charge in [-0.25, -0.2) is 4.79 Å². The zero-order chi connectivity index (χ0) is 16.1. The summed E-state index contributed by atoms with van der Waals surface area (Å²) in [5.74, 6) is 0.403. The van der Waals surface area contributed by atoms with E-state index in [2.05, 4.69) is 41.8 Å². The lowest BCUT2D eigenvalue weighted by atomic mass is 9.78. The number of hydrogen-bond acceptors (Lipinski definition) is 3. The molecule has 1 aliphatic carbocycles. The van der Waals surface area contributed by atoms with E-state index < -0.39 is 5.97 Å². The molecule has 0 radical (unpaired) electrons. The quantitative estimate of drug-likeness (QED) is 0.606. The molecule has 0 saturated heterocycles. The van der Waals surface area contributed by atoms with Crippen molar-refractivity contribution in [3.8, 4) is 0 Å². The van der Waals surface area contributed by atoms with E-state index in [1.807, 2.05) is 6.07 Å². The monoisotopic (exact) mass is 415 g/mol. The number of rotatable bonds is 4. The molecule has 1 aromatic rings. The van der Waals surface area contributed by atoms with Crippen LogP contribution in [0.5, 0.6) is 0 Å². The van der Waals surface area contributed by atoms with Crippen LogP contribution in [0.1, 0.15) is 43.5 Å². The third-order valence-electron chi connectivity index (χ3n) is 4.45. The Morgan fingerprint density at radius 3 is 2.82 bits per heavy atom. The van der Waals surface area contributed by atoms with E-state index in [0.29, 0.717) is 17.4 Å². The lowest BCUT2D eigenvalue weighted by molar-refractivity contribution is -0.125. The van der Waals surface area contributed by atoms with Crippen LogP contribution >= 0.6 is 22.6 Å². The molecule has 22 heavy (non-hydrogen) atoms. The number of carbonyl (C=O) groups is 2. The Bertz CT molecular complexity index is 546. The zero-order valence-electron chi connectivity index (χ0n) is 13.0. The smallest absolute Gasteiger partial charge is 0.338 e. The molecule has 0 aliphatic heterocycles. The first kappa shape index (κ1) is 17.2. The molecule has 1 aliphatic rings. The molecule has 5 heteroatoms. The fourth-order valence-electron chi connectivity index (χ4n) is 2.86. The number of nitrogens with one attached hydrogen (secondary N) is 1.